The molecule has 0 aliphatic heterocycles. The van der Waals surface area contributed by atoms with Crippen molar-refractivity contribution in [2.75, 3.05) is 0 Å². The molecule has 1 heterocycles. The molecule has 0 radical (unpaired) electrons. The van der Waals surface area contributed by atoms with Crippen molar-refractivity contribution >= 4 is 10.9 Å². The average Bonchev–Trinajstić information content (AvgIpc) is 2.85. The molecule has 0 N–H and O–H groups in total. The lowest BCUT2D eigenvalue weighted by Gasteiger charge is -2.39. The number of benzene rings is 1. The summed E-state index contributed by atoms with van der Waals surface area (Å²) in [5, 5.41) is -0.816. The minimum atomic E-state index is -7.91. The van der Waals surface area contributed by atoms with E-state index >= 15 is 0 Å². The second-order valence-electron chi connectivity index (χ2n) is 6.41. The molecule has 2 rings (SSSR count). The number of aryl methyl sites for hydroxylation is 1. The van der Waals surface area contributed by atoms with Crippen molar-refractivity contribution in [3.8, 4) is 0 Å². The molecule has 0 saturated heterocycles. The lowest BCUT2D eigenvalue weighted by atomic mass is 9.89. The summed E-state index contributed by atoms with van der Waals surface area (Å²) in [7, 11) is 1.03. The zero-order valence-electron chi connectivity index (χ0n) is 14.7. The van der Waals surface area contributed by atoms with E-state index in [9.17, 15) is 57.1 Å². The van der Waals surface area contributed by atoms with E-state index in [1.807, 2.05) is 0 Å². The molecule has 0 spiro atoms. The second-order valence-corrected chi connectivity index (χ2v) is 6.41. The van der Waals surface area contributed by atoms with Gasteiger partial charge in [-0.15, -0.1) is 0 Å². The highest BCUT2D eigenvalue weighted by Crippen LogP contribution is 2.62. The Balaban J connectivity index is 2.78. The van der Waals surface area contributed by atoms with Crippen molar-refractivity contribution in [2.24, 2.45) is 7.05 Å². The van der Waals surface area contributed by atoms with Crippen LogP contribution >= 0.6 is 0 Å². The summed E-state index contributed by atoms with van der Waals surface area (Å²) < 4.78 is 175. The number of aromatic nitrogens is 1. The van der Waals surface area contributed by atoms with E-state index in [1.54, 1.807) is 0 Å². The number of alkyl halides is 13. The van der Waals surface area contributed by atoms with Gasteiger partial charge in [0.15, 0.2) is 0 Å². The molecule has 0 aliphatic carbocycles. The Morgan fingerprint density at radius 2 is 1.07 bits per heavy atom. The molecule has 0 bridgehead atoms. The van der Waals surface area contributed by atoms with E-state index in [0.29, 0.717) is 0 Å². The van der Waals surface area contributed by atoms with Crippen LogP contribution in [0.3, 0.4) is 0 Å². The molecule has 2 aromatic rings. The molecule has 0 amide bonds. The van der Waals surface area contributed by atoms with Crippen LogP contribution in [0.25, 0.3) is 10.9 Å². The van der Waals surface area contributed by atoms with Crippen LogP contribution in [0.2, 0.25) is 0 Å². The number of halogens is 13. The Labute approximate surface area is 159 Å². The van der Waals surface area contributed by atoms with Crippen LogP contribution in [0.5, 0.6) is 0 Å². The summed E-state index contributed by atoms with van der Waals surface area (Å²) in [5.74, 6) is -37.1. The Kier molecular flexibility index (Phi) is 5.17. The summed E-state index contributed by atoms with van der Waals surface area (Å²) in [6.45, 7) is 0.722. The molecule has 1 aromatic carbocycles. The minimum Gasteiger partial charge on any atom is -0.347 e. The summed E-state index contributed by atoms with van der Waals surface area (Å²) in [5.41, 5.74) is -2.99. The van der Waals surface area contributed by atoms with E-state index in [0.717, 1.165) is 36.7 Å². The number of fused-ring (bicyclic) bond motifs is 1. The predicted octanol–water partition coefficient (Wildman–Crippen LogP) is 6.68. The normalized spacial score (nSPS) is 15.2. The van der Waals surface area contributed by atoms with Crippen LogP contribution in [0, 0.1) is 6.92 Å². The van der Waals surface area contributed by atoms with Crippen LogP contribution in [0.4, 0.5) is 57.1 Å². The number of hydrogen-bond donors (Lipinski definition) is 0. The maximum atomic E-state index is 14.5. The van der Waals surface area contributed by atoms with Gasteiger partial charge in [-0.3, -0.25) is 0 Å². The lowest BCUT2D eigenvalue weighted by molar-refractivity contribution is -0.441. The molecule has 1 nitrogen and oxygen atoms in total. The van der Waals surface area contributed by atoms with Gasteiger partial charge in [-0.05, 0) is 13.0 Å². The van der Waals surface area contributed by atoms with Crippen LogP contribution in [-0.2, 0) is 13.0 Å². The first-order valence-corrected chi connectivity index (χ1v) is 7.68. The van der Waals surface area contributed by atoms with Crippen molar-refractivity contribution in [1.29, 1.82) is 0 Å². The molecule has 0 aliphatic rings. The van der Waals surface area contributed by atoms with Crippen molar-refractivity contribution in [2.45, 2.75) is 42.7 Å². The molecule has 1 aromatic heterocycles. The third-order valence-corrected chi connectivity index (χ3v) is 4.65. The smallest absolute Gasteiger partial charge is 0.347 e. The molecular formula is C16H10F13N. The van der Waals surface area contributed by atoms with Gasteiger partial charge in [-0.2, -0.15) is 57.1 Å². The third-order valence-electron chi connectivity index (χ3n) is 4.65. The lowest BCUT2D eigenvalue weighted by Crippen LogP contribution is -2.69. The fraction of sp³-hybridized carbons (Fsp3) is 0.500. The average molecular weight is 463 g/mol. The van der Waals surface area contributed by atoms with Crippen molar-refractivity contribution in [3.63, 3.8) is 0 Å². The summed E-state index contributed by atoms with van der Waals surface area (Å²) in [6.07, 6.45) is -7.43. The first-order chi connectivity index (χ1) is 13.2. The predicted molar refractivity (Wildman–Crippen MR) is 77.4 cm³/mol. The second kappa shape index (κ2) is 6.42. The standard InChI is InChI=1S/C16H10F13N/c1-7-10(8-5-3-4-6-9(8)30(7)2)11(17,18)12(19,20)13(21,22)14(23,24)15(25,26)16(27,28)29/h3-6H,1-2H3. The monoisotopic (exact) mass is 463 g/mol. The van der Waals surface area contributed by atoms with Gasteiger partial charge in [0.1, 0.15) is 0 Å². The summed E-state index contributed by atoms with van der Waals surface area (Å²) in [6, 6.07) is 4.05. The molecule has 0 atom stereocenters. The van der Waals surface area contributed by atoms with Crippen LogP contribution in [-0.4, -0.2) is 34.4 Å². The molecule has 170 valence electrons. The van der Waals surface area contributed by atoms with Gasteiger partial charge in [0, 0.05) is 23.6 Å². The van der Waals surface area contributed by atoms with Gasteiger partial charge < -0.3 is 4.57 Å². The van der Waals surface area contributed by atoms with E-state index < -0.39 is 52.4 Å². The topological polar surface area (TPSA) is 4.93 Å². The van der Waals surface area contributed by atoms with Gasteiger partial charge in [-0.25, -0.2) is 0 Å². The van der Waals surface area contributed by atoms with Gasteiger partial charge in [0.25, 0.3) is 0 Å². The fourth-order valence-electron chi connectivity index (χ4n) is 2.84. The third kappa shape index (κ3) is 2.77. The Bertz CT molecular complexity index is 952. The van der Waals surface area contributed by atoms with Crippen molar-refractivity contribution < 1.29 is 57.1 Å². The van der Waals surface area contributed by atoms with E-state index in [-0.39, 0.29) is 5.52 Å². The van der Waals surface area contributed by atoms with Crippen LogP contribution < -0.4 is 0 Å². The van der Waals surface area contributed by atoms with Gasteiger partial charge in [-0.1, -0.05) is 18.2 Å². The number of para-hydroxylation sites is 1. The molecular weight excluding hydrogens is 453 g/mol. The summed E-state index contributed by atoms with van der Waals surface area (Å²) in [4.78, 5) is 0. The highest BCUT2D eigenvalue weighted by atomic mass is 19.4. The Morgan fingerprint density at radius 1 is 0.633 bits per heavy atom. The highest BCUT2D eigenvalue weighted by molar-refractivity contribution is 5.86. The minimum absolute atomic E-state index is 0.240. The number of hydrogen-bond acceptors (Lipinski definition) is 0. The van der Waals surface area contributed by atoms with Crippen LogP contribution in [0.15, 0.2) is 24.3 Å². The molecule has 0 unspecified atom stereocenters. The maximum absolute atomic E-state index is 14.5. The first-order valence-electron chi connectivity index (χ1n) is 7.68. The Morgan fingerprint density at radius 3 is 1.53 bits per heavy atom. The van der Waals surface area contributed by atoms with E-state index in [4.69, 9.17) is 0 Å². The Hall–Kier alpha value is -2.15. The van der Waals surface area contributed by atoms with Crippen LogP contribution in [0.1, 0.15) is 11.3 Å². The van der Waals surface area contributed by atoms with Gasteiger partial charge in [0.05, 0.1) is 5.56 Å². The number of rotatable bonds is 5. The maximum Gasteiger partial charge on any atom is 0.460 e. The largest absolute Gasteiger partial charge is 0.460 e. The molecule has 30 heavy (non-hydrogen) atoms. The highest BCUT2D eigenvalue weighted by Gasteiger charge is 2.91. The zero-order chi connectivity index (χ0) is 23.7. The summed E-state index contributed by atoms with van der Waals surface area (Å²) >= 11 is 0. The molecule has 0 fully saturated rings. The van der Waals surface area contributed by atoms with Gasteiger partial charge in [0.2, 0.25) is 0 Å². The fourth-order valence-corrected chi connectivity index (χ4v) is 2.84. The SMILES string of the molecule is Cc1c(C(F)(F)C(F)(F)C(F)(F)C(F)(F)C(F)(F)C(F)(F)F)c2ccccc2n1C. The van der Waals surface area contributed by atoms with E-state index in [1.165, 1.54) is 6.07 Å². The first kappa shape index (κ1) is 24.1. The van der Waals surface area contributed by atoms with Gasteiger partial charge >= 0.3 is 35.8 Å². The zero-order valence-corrected chi connectivity index (χ0v) is 14.7. The quantitative estimate of drug-likeness (QED) is 0.436. The van der Waals surface area contributed by atoms with Crippen molar-refractivity contribution in [1.82, 2.24) is 4.57 Å². The number of nitrogens with zero attached hydrogens (tertiary/aromatic N) is 1. The van der Waals surface area contributed by atoms with Crippen molar-refractivity contribution in [3.05, 3.63) is 35.5 Å². The molecule has 14 heteroatoms. The molecule has 0 saturated carbocycles. The van der Waals surface area contributed by atoms with E-state index in [2.05, 4.69) is 0 Å².